The first-order chi connectivity index (χ1) is 7.52. The number of hydrogen-bond acceptors (Lipinski definition) is 7. The molecule has 9 heteroatoms. The summed E-state index contributed by atoms with van der Waals surface area (Å²) in [4.78, 5) is 21.8. The number of nitrogens with two attached hydrogens (primary N) is 2. The van der Waals surface area contributed by atoms with Crippen molar-refractivity contribution < 1.29 is 14.8 Å². The van der Waals surface area contributed by atoms with Crippen molar-refractivity contribution in [3.63, 3.8) is 0 Å². The van der Waals surface area contributed by atoms with Crippen molar-refractivity contribution in [2.45, 2.75) is 12.1 Å². The Morgan fingerprint density at radius 3 is 2.00 bits per heavy atom. The fraction of sp³-hybridized carbons (Fsp3) is 0.714. The number of hydrogen-bond donors (Lipinski definition) is 5. The van der Waals surface area contributed by atoms with E-state index in [1.165, 1.54) is 34.1 Å². The third-order valence-electron chi connectivity index (χ3n) is 1.61. The van der Waals surface area contributed by atoms with Crippen molar-refractivity contribution in [2.24, 2.45) is 11.5 Å². The maximum Gasteiger partial charge on any atom is 0.261 e. The first kappa shape index (κ1) is 15.5. The molecule has 2 amide bonds. The van der Waals surface area contributed by atoms with Gasteiger partial charge >= 0.3 is 0 Å². The lowest BCUT2D eigenvalue weighted by molar-refractivity contribution is -0.130. The quantitative estimate of drug-likeness (QED) is 0.160. The normalized spacial score (nSPS) is 14.0. The fourth-order valence-electron chi connectivity index (χ4n) is 0.663. The highest BCUT2D eigenvalue weighted by Gasteiger charge is 2.14. The van der Waals surface area contributed by atoms with Crippen LogP contribution in [0.25, 0.3) is 0 Å². The van der Waals surface area contributed by atoms with Gasteiger partial charge in [-0.1, -0.05) is 21.6 Å². The van der Waals surface area contributed by atoms with Crippen LogP contribution in [0.5, 0.6) is 0 Å². The molecule has 7 nitrogen and oxygen atoms in total. The van der Waals surface area contributed by atoms with Gasteiger partial charge in [-0.15, -0.1) is 0 Å². The van der Waals surface area contributed by atoms with Crippen molar-refractivity contribution in [1.29, 1.82) is 0 Å². The van der Waals surface area contributed by atoms with Gasteiger partial charge in [-0.2, -0.15) is 0 Å². The van der Waals surface area contributed by atoms with Gasteiger partial charge in [-0.05, 0) is 0 Å². The molecule has 0 aliphatic heterocycles. The van der Waals surface area contributed by atoms with Crippen LogP contribution < -0.4 is 22.3 Å². The van der Waals surface area contributed by atoms with Crippen LogP contribution >= 0.6 is 21.6 Å². The van der Waals surface area contributed by atoms with Gasteiger partial charge in [-0.3, -0.25) is 14.8 Å². The monoisotopic (exact) mass is 268 g/mol. The summed E-state index contributed by atoms with van der Waals surface area (Å²) in [7, 11) is 4.19. The Morgan fingerprint density at radius 1 is 1.19 bits per heavy atom. The Balaban J connectivity index is 3.60. The van der Waals surface area contributed by atoms with Crippen molar-refractivity contribution in [3.8, 4) is 0 Å². The molecule has 0 saturated heterocycles. The zero-order chi connectivity index (χ0) is 12.6. The zero-order valence-electron chi connectivity index (χ0n) is 8.80. The summed E-state index contributed by atoms with van der Waals surface area (Å²) in [6.07, 6.45) is 0. The molecule has 0 aliphatic rings. The lowest BCUT2D eigenvalue weighted by Crippen LogP contribution is -2.41. The third-order valence-corrected chi connectivity index (χ3v) is 4.08. The lowest BCUT2D eigenvalue weighted by atomic mass is 10.3. The Bertz CT molecular complexity index is 218. The highest BCUT2D eigenvalue weighted by atomic mass is 33.1. The molecule has 0 aromatic carbocycles. The molecule has 2 unspecified atom stereocenters. The number of carbonyl (C=O) groups excluding carboxylic acids is 2. The molecule has 0 heterocycles. The molecule has 0 radical (unpaired) electrons. The molecular weight excluding hydrogens is 252 g/mol. The molecule has 0 aromatic rings. The van der Waals surface area contributed by atoms with Gasteiger partial charge in [0.15, 0.2) is 0 Å². The zero-order valence-corrected chi connectivity index (χ0v) is 10.4. The summed E-state index contributed by atoms with van der Waals surface area (Å²) in [6.45, 7) is 0. The van der Waals surface area contributed by atoms with Gasteiger partial charge in [0.2, 0.25) is 5.91 Å². The smallest absolute Gasteiger partial charge is 0.261 e. The second kappa shape index (κ2) is 8.65. The highest BCUT2D eigenvalue weighted by Crippen LogP contribution is 2.22. The van der Waals surface area contributed by atoms with Crippen LogP contribution in [0.2, 0.25) is 0 Å². The largest absolute Gasteiger partial charge is 0.358 e. The Hall–Kier alpha value is -0.480. The van der Waals surface area contributed by atoms with E-state index in [1.807, 2.05) is 0 Å². The summed E-state index contributed by atoms with van der Waals surface area (Å²) in [6, 6.07) is -1.36. The van der Waals surface area contributed by atoms with Crippen LogP contribution in [0.15, 0.2) is 0 Å². The second-order valence-electron chi connectivity index (χ2n) is 2.87. The lowest BCUT2D eigenvalue weighted by Gasteiger charge is -2.10. The van der Waals surface area contributed by atoms with Crippen molar-refractivity contribution in [2.75, 3.05) is 18.6 Å². The standard InChI is InChI=1S/C7H16N4O3S2/c1-10-6(12)4(8)2-15-16-3-5(9)7(13)11-14/h4-5,14H,2-3,8-9H2,1H3,(H,10,12)(H,11,13). The van der Waals surface area contributed by atoms with Gasteiger partial charge in [-0.25, -0.2) is 5.48 Å². The van der Waals surface area contributed by atoms with Gasteiger partial charge in [0.25, 0.3) is 5.91 Å². The average molecular weight is 268 g/mol. The minimum absolute atomic E-state index is 0.231. The van der Waals surface area contributed by atoms with E-state index in [0.29, 0.717) is 11.5 Å². The summed E-state index contributed by atoms with van der Waals surface area (Å²) >= 11 is 0. The molecule has 16 heavy (non-hydrogen) atoms. The maximum atomic E-state index is 11.0. The Labute approximate surface area is 101 Å². The number of carbonyl (C=O) groups is 2. The van der Waals surface area contributed by atoms with Crippen LogP contribution in [0, 0.1) is 0 Å². The van der Waals surface area contributed by atoms with Gasteiger partial charge < -0.3 is 16.8 Å². The molecule has 0 aliphatic carbocycles. The molecule has 0 spiro atoms. The van der Waals surface area contributed by atoms with Crippen molar-refractivity contribution >= 4 is 33.4 Å². The number of hydroxylamine groups is 1. The predicted octanol–water partition coefficient (Wildman–Crippen LogP) is -1.73. The molecular formula is C7H16N4O3S2. The van der Waals surface area contributed by atoms with Crippen LogP contribution in [0.4, 0.5) is 0 Å². The average Bonchev–Trinajstić information content (AvgIpc) is 2.31. The summed E-state index contributed by atoms with van der Waals surface area (Å²) in [5.74, 6) is -0.107. The maximum absolute atomic E-state index is 11.0. The van der Waals surface area contributed by atoms with Crippen LogP contribution in [0.3, 0.4) is 0 Å². The van der Waals surface area contributed by atoms with E-state index in [0.717, 1.165) is 0 Å². The van der Waals surface area contributed by atoms with E-state index in [2.05, 4.69) is 5.32 Å². The molecule has 0 bridgehead atoms. The van der Waals surface area contributed by atoms with Crippen LogP contribution in [0.1, 0.15) is 0 Å². The van der Waals surface area contributed by atoms with Gasteiger partial charge in [0.1, 0.15) is 0 Å². The molecule has 7 N–H and O–H groups in total. The molecule has 0 saturated carbocycles. The molecule has 0 aromatic heterocycles. The Kier molecular flexibility index (Phi) is 8.39. The number of rotatable bonds is 7. The summed E-state index contributed by atoms with van der Waals surface area (Å²) in [5.41, 5.74) is 12.4. The SMILES string of the molecule is CNC(=O)C(N)CSSCC(N)C(=O)NO. The fourth-order valence-corrected chi connectivity index (χ4v) is 2.91. The third kappa shape index (κ3) is 6.18. The van der Waals surface area contributed by atoms with E-state index >= 15 is 0 Å². The first-order valence-corrected chi connectivity index (χ1v) is 6.92. The number of amides is 2. The van der Waals surface area contributed by atoms with E-state index in [-0.39, 0.29) is 5.91 Å². The predicted molar refractivity (Wildman–Crippen MR) is 64.9 cm³/mol. The molecule has 0 fully saturated rings. The molecule has 0 rings (SSSR count). The van der Waals surface area contributed by atoms with Gasteiger partial charge in [0, 0.05) is 18.6 Å². The van der Waals surface area contributed by atoms with E-state index in [4.69, 9.17) is 16.7 Å². The highest BCUT2D eigenvalue weighted by molar-refractivity contribution is 8.76. The van der Waals surface area contributed by atoms with Crippen LogP contribution in [-0.4, -0.2) is 47.7 Å². The number of likely N-dealkylation sites (N-methyl/N-ethyl adjacent to an activating group) is 1. The van der Waals surface area contributed by atoms with Crippen LogP contribution in [-0.2, 0) is 9.59 Å². The molecule has 94 valence electrons. The first-order valence-electron chi connectivity index (χ1n) is 4.44. The Morgan fingerprint density at radius 2 is 1.62 bits per heavy atom. The van der Waals surface area contributed by atoms with E-state index < -0.39 is 18.0 Å². The topological polar surface area (TPSA) is 130 Å². The second-order valence-corrected chi connectivity index (χ2v) is 5.42. The minimum atomic E-state index is -0.779. The molecule has 2 atom stereocenters. The van der Waals surface area contributed by atoms with Crippen molar-refractivity contribution in [1.82, 2.24) is 10.8 Å². The van der Waals surface area contributed by atoms with E-state index in [9.17, 15) is 9.59 Å². The van der Waals surface area contributed by atoms with Gasteiger partial charge in [0.05, 0.1) is 12.1 Å². The van der Waals surface area contributed by atoms with Crippen molar-refractivity contribution in [3.05, 3.63) is 0 Å². The summed E-state index contributed by atoms with van der Waals surface area (Å²) in [5, 5.41) is 10.7. The summed E-state index contributed by atoms with van der Waals surface area (Å²) < 4.78 is 0. The van der Waals surface area contributed by atoms with E-state index in [1.54, 1.807) is 0 Å². The number of nitrogens with one attached hydrogen (secondary N) is 2. The minimum Gasteiger partial charge on any atom is -0.358 e.